The molecule has 0 bridgehead atoms. The van der Waals surface area contributed by atoms with Crippen molar-refractivity contribution >= 4 is 17.6 Å². The number of hydrogen-bond acceptors (Lipinski definition) is 6. The average molecular weight is 371 g/mol. The summed E-state index contributed by atoms with van der Waals surface area (Å²) in [6.45, 7) is 4.51. The summed E-state index contributed by atoms with van der Waals surface area (Å²) in [5.41, 5.74) is 4.81. The van der Waals surface area contributed by atoms with Gasteiger partial charge in [-0.15, -0.1) is 0 Å². The van der Waals surface area contributed by atoms with Crippen molar-refractivity contribution in [2.45, 2.75) is 26.4 Å². The third kappa shape index (κ3) is 4.46. The predicted octanol–water partition coefficient (Wildman–Crippen LogP) is 4.64. The lowest BCUT2D eigenvalue weighted by Crippen LogP contribution is -2.18. The molecule has 0 atom stereocenters. The monoisotopic (exact) mass is 371 g/mol. The molecule has 0 radical (unpaired) electrons. The van der Waals surface area contributed by atoms with Gasteiger partial charge in [0.15, 0.2) is 23.1 Å². The summed E-state index contributed by atoms with van der Waals surface area (Å²) in [5.74, 6) is -0.228. The van der Waals surface area contributed by atoms with Gasteiger partial charge in [0.25, 0.3) is 0 Å². The van der Waals surface area contributed by atoms with Crippen LogP contribution in [0.2, 0.25) is 0 Å². The molecule has 1 heterocycles. The molecule has 0 saturated heterocycles. The lowest BCUT2D eigenvalue weighted by molar-refractivity contribution is 0.206. The first kappa shape index (κ1) is 18.5. The number of para-hydroxylation sites is 1. The minimum atomic E-state index is -1.83. The van der Waals surface area contributed by atoms with Crippen molar-refractivity contribution in [2.75, 3.05) is 11.1 Å². The highest BCUT2D eigenvalue weighted by Gasteiger charge is 2.24. The lowest BCUT2D eigenvalue weighted by Gasteiger charge is -2.16. The Kier molecular flexibility index (Phi) is 4.89. The molecule has 0 aliphatic carbocycles. The average Bonchev–Trinajstić information content (AvgIpc) is 2.57. The van der Waals surface area contributed by atoms with Crippen molar-refractivity contribution in [1.82, 2.24) is 15.0 Å². The minimum Gasteiger partial charge on any atom is -0.455 e. The number of alkyl halides is 1. The Morgan fingerprint density at radius 1 is 1.07 bits per heavy atom. The number of aryl methyl sites for hydroxylation is 1. The Morgan fingerprint density at radius 3 is 2.52 bits per heavy atom. The second-order valence-corrected chi connectivity index (χ2v) is 6.47. The SMILES string of the molecule is Cc1cccc(Oc2cccc(F)c2Nc2nc(N)nc(C(C)(C)F)n2)c1. The molecule has 3 N–H and O–H groups in total. The van der Waals surface area contributed by atoms with Gasteiger partial charge in [-0.25, -0.2) is 8.78 Å². The molecule has 6 nitrogen and oxygen atoms in total. The van der Waals surface area contributed by atoms with Crippen LogP contribution in [-0.2, 0) is 5.67 Å². The van der Waals surface area contributed by atoms with Gasteiger partial charge in [-0.3, -0.25) is 0 Å². The zero-order valence-corrected chi connectivity index (χ0v) is 15.1. The van der Waals surface area contributed by atoms with E-state index in [0.717, 1.165) is 5.56 Å². The van der Waals surface area contributed by atoms with Gasteiger partial charge in [-0.1, -0.05) is 18.2 Å². The summed E-state index contributed by atoms with van der Waals surface area (Å²) in [5, 5.41) is 2.72. The van der Waals surface area contributed by atoms with E-state index < -0.39 is 11.5 Å². The topological polar surface area (TPSA) is 86.0 Å². The van der Waals surface area contributed by atoms with Crippen LogP contribution < -0.4 is 15.8 Å². The Labute approximate surface area is 155 Å². The van der Waals surface area contributed by atoms with E-state index in [-0.39, 0.29) is 29.2 Å². The van der Waals surface area contributed by atoms with E-state index in [2.05, 4.69) is 20.3 Å². The van der Waals surface area contributed by atoms with Crippen LogP contribution in [0.3, 0.4) is 0 Å². The fraction of sp³-hybridized carbons (Fsp3) is 0.211. The fourth-order valence-electron chi connectivity index (χ4n) is 2.34. The van der Waals surface area contributed by atoms with Crippen LogP contribution in [0.25, 0.3) is 0 Å². The molecule has 0 amide bonds. The molecular weight excluding hydrogens is 352 g/mol. The first-order valence-electron chi connectivity index (χ1n) is 8.23. The summed E-state index contributed by atoms with van der Waals surface area (Å²) in [4.78, 5) is 11.7. The number of benzene rings is 2. The number of hydrogen-bond donors (Lipinski definition) is 2. The number of nitrogens with zero attached hydrogens (tertiary/aromatic N) is 3. The highest BCUT2D eigenvalue weighted by Crippen LogP contribution is 2.34. The molecule has 0 fully saturated rings. The molecule has 0 aliphatic rings. The number of ether oxygens (including phenoxy) is 1. The number of nitrogens with one attached hydrogen (secondary N) is 1. The summed E-state index contributed by atoms with van der Waals surface area (Å²) in [6.07, 6.45) is 0. The second kappa shape index (κ2) is 7.14. The minimum absolute atomic E-state index is 0.00669. The zero-order chi connectivity index (χ0) is 19.6. The van der Waals surface area contributed by atoms with E-state index in [4.69, 9.17) is 10.5 Å². The van der Waals surface area contributed by atoms with E-state index in [0.29, 0.717) is 5.75 Å². The molecule has 0 saturated carbocycles. The van der Waals surface area contributed by atoms with Crippen LogP contribution in [-0.4, -0.2) is 15.0 Å². The second-order valence-electron chi connectivity index (χ2n) is 6.47. The molecule has 2 aromatic carbocycles. The maximum Gasteiger partial charge on any atom is 0.232 e. The van der Waals surface area contributed by atoms with Crippen molar-refractivity contribution in [1.29, 1.82) is 0 Å². The summed E-state index contributed by atoms with van der Waals surface area (Å²) >= 11 is 0. The van der Waals surface area contributed by atoms with Gasteiger partial charge in [-0.05, 0) is 50.6 Å². The van der Waals surface area contributed by atoms with Crippen LogP contribution in [0.4, 0.5) is 26.4 Å². The third-order valence-corrected chi connectivity index (χ3v) is 3.61. The molecule has 1 aromatic heterocycles. The number of anilines is 3. The smallest absolute Gasteiger partial charge is 0.232 e. The molecule has 3 rings (SSSR count). The number of halogens is 2. The van der Waals surface area contributed by atoms with Crippen molar-refractivity contribution in [3.05, 3.63) is 59.7 Å². The van der Waals surface area contributed by atoms with Gasteiger partial charge in [0.2, 0.25) is 11.9 Å². The highest BCUT2D eigenvalue weighted by atomic mass is 19.1. The van der Waals surface area contributed by atoms with E-state index in [9.17, 15) is 8.78 Å². The number of nitrogen functional groups attached to an aromatic ring is 1. The maximum atomic E-state index is 14.4. The number of aromatic nitrogens is 3. The molecule has 0 spiro atoms. The van der Waals surface area contributed by atoms with Crippen molar-refractivity contribution < 1.29 is 13.5 Å². The van der Waals surface area contributed by atoms with Gasteiger partial charge < -0.3 is 15.8 Å². The molecule has 3 aromatic rings. The van der Waals surface area contributed by atoms with Crippen LogP contribution >= 0.6 is 0 Å². The molecule has 8 heteroatoms. The Bertz CT molecular complexity index is 973. The van der Waals surface area contributed by atoms with Gasteiger partial charge in [0.05, 0.1) is 0 Å². The molecule has 27 heavy (non-hydrogen) atoms. The Morgan fingerprint density at radius 2 is 1.81 bits per heavy atom. The first-order valence-corrected chi connectivity index (χ1v) is 8.23. The fourth-order valence-corrected chi connectivity index (χ4v) is 2.34. The van der Waals surface area contributed by atoms with Crippen LogP contribution in [0.5, 0.6) is 11.5 Å². The van der Waals surface area contributed by atoms with E-state index in [1.807, 2.05) is 25.1 Å². The van der Waals surface area contributed by atoms with Gasteiger partial charge >= 0.3 is 0 Å². The molecule has 0 unspecified atom stereocenters. The number of nitrogens with two attached hydrogens (primary N) is 1. The largest absolute Gasteiger partial charge is 0.455 e. The lowest BCUT2D eigenvalue weighted by atomic mass is 10.1. The molecular formula is C19H19F2N5O. The first-order chi connectivity index (χ1) is 12.7. The number of rotatable bonds is 5. The quantitative estimate of drug-likeness (QED) is 0.679. The maximum absolute atomic E-state index is 14.4. The van der Waals surface area contributed by atoms with Gasteiger partial charge in [0.1, 0.15) is 11.4 Å². The highest BCUT2D eigenvalue weighted by molar-refractivity contribution is 5.64. The summed E-state index contributed by atoms with van der Waals surface area (Å²) < 4.78 is 34.4. The van der Waals surface area contributed by atoms with Gasteiger partial charge in [0, 0.05) is 0 Å². The molecule has 140 valence electrons. The van der Waals surface area contributed by atoms with Crippen molar-refractivity contribution in [2.24, 2.45) is 0 Å². The zero-order valence-electron chi connectivity index (χ0n) is 15.1. The Balaban J connectivity index is 1.97. The summed E-state index contributed by atoms with van der Waals surface area (Å²) in [6, 6.07) is 11.7. The van der Waals surface area contributed by atoms with Crippen molar-refractivity contribution in [3.8, 4) is 11.5 Å². The van der Waals surface area contributed by atoms with Crippen molar-refractivity contribution in [3.63, 3.8) is 0 Å². The summed E-state index contributed by atoms with van der Waals surface area (Å²) in [7, 11) is 0. The van der Waals surface area contributed by atoms with Crippen LogP contribution in [0.1, 0.15) is 25.2 Å². The van der Waals surface area contributed by atoms with Crippen LogP contribution in [0.15, 0.2) is 42.5 Å². The van der Waals surface area contributed by atoms with E-state index >= 15 is 0 Å². The Hall–Kier alpha value is -3.29. The normalized spacial score (nSPS) is 11.3. The predicted molar refractivity (Wildman–Crippen MR) is 99.3 cm³/mol. The van der Waals surface area contributed by atoms with Gasteiger partial charge in [-0.2, -0.15) is 15.0 Å². The van der Waals surface area contributed by atoms with Crippen LogP contribution in [0, 0.1) is 12.7 Å². The van der Waals surface area contributed by atoms with E-state index in [1.54, 1.807) is 12.1 Å². The standard InChI is InChI=1S/C19H19F2N5O/c1-11-6-4-7-12(10-11)27-14-9-5-8-13(20)15(14)23-18-25-16(19(2,3)21)24-17(22)26-18/h4-10H,1-3H3,(H3,22,23,24,25,26). The third-order valence-electron chi connectivity index (χ3n) is 3.61. The van der Waals surface area contributed by atoms with E-state index in [1.165, 1.54) is 26.0 Å². The molecule has 0 aliphatic heterocycles.